The smallest absolute Gasteiger partial charge is 0.231 e. The highest BCUT2D eigenvalue weighted by molar-refractivity contribution is 5.44. The zero-order chi connectivity index (χ0) is 12.4. The van der Waals surface area contributed by atoms with Crippen molar-refractivity contribution in [3.05, 3.63) is 23.8 Å². The summed E-state index contributed by atoms with van der Waals surface area (Å²) in [6.07, 6.45) is 1.08. The molecule has 0 spiro atoms. The summed E-state index contributed by atoms with van der Waals surface area (Å²) in [5, 5.41) is 0. The molecule has 0 bridgehead atoms. The molecule has 4 nitrogen and oxygen atoms in total. The van der Waals surface area contributed by atoms with Gasteiger partial charge in [-0.3, -0.25) is 0 Å². The Kier molecular flexibility index (Phi) is 3.39. The number of fused-ring (bicyclic) bond motifs is 1. The van der Waals surface area contributed by atoms with E-state index in [2.05, 4.69) is 29.0 Å². The first kappa shape index (κ1) is 11.8. The Morgan fingerprint density at radius 2 is 1.83 bits per heavy atom. The van der Waals surface area contributed by atoms with Crippen molar-refractivity contribution in [1.29, 1.82) is 0 Å². The number of benzene rings is 1. The van der Waals surface area contributed by atoms with E-state index in [1.165, 1.54) is 31.7 Å². The minimum atomic E-state index is 0.358. The molecule has 2 heterocycles. The van der Waals surface area contributed by atoms with E-state index in [-0.39, 0.29) is 0 Å². The number of hydrogen-bond acceptors (Lipinski definition) is 4. The zero-order valence-corrected chi connectivity index (χ0v) is 10.9. The third-order valence-corrected chi connectivity index (χ3v) is 3.75. The Morgan fingerprint density at radius 3 is 2.67 bits per heavy atom. The third-order valence-electron chi connectivity index (χ3n) is 3.75. The number of rotatable bonds is 3. The normalized spacial score (nSPS) is 20.3. The van der Waals surface area contributed by atoms with Crippen LogP contribution in [0.5, 0.6) is 11.5 Å². The minimum absolute atomic E-state index is 0.358. The Hall–Kier alpha value is -1.26. The second-order valence-corrected chi connectivity index (χ2v) is 5.08. The van der Waals surface area contributed by atoms with Gasteiger partial charge in [0.1, 0.15) is 0 Å². The van der Waals surface area contributed by atoms with Gasteiger partial charge in [0.05, 0.1) is 0 Å². The Balaban J connectivity index is 1.54. The van der Waals surface area contributed by atoms with Crippen molar-refractivity contribution in [2.45, 2.75) is 6.42 Å². The second-order valence-electron chi connectivity index (χ2n) is 5.08. The summed E-state index contributed by atoms with van der Waals surface area (Å²) in [6, 6.07) is 6.27. The van der Waals surface area contributed by atoms with E-state index in [9.17, 15) is 0 Å². The number of piperazine rings is 1. The van der Waals surface area contributed by atoms with Crippen LogP contribution in [0.4, 0.5) is 0 Å². The van der Waals surface area contributed by atoms with Crippen LogP contribution in [0.15, 0.2) is 18.2 Å². The van der Waals surface area contributed by atoms with Crippen LogP contribution in [-0.2, 0) is 6.42 Å². The van der Waals surface area contributed by atoms with Gasteiger partial charge in [0, 0.05) is 32.7 Å². The lowest BCUT2D eigenvalue weighted by Gasteiger charge is -2.32. The van der Waals surface area contributed by atoms with Gasteiger partial charge in [0.2, 0.25) is 6.79 Å². The first-order chi connectivity index (χ1) is 8.81. The van der Waals surface area contributed by atoms with Gasteiger partial charge in [-0.1, -0.05) is 6.07 Å². The number of nitrogens with zero attached hydrogens (tertiary/aromatic N) is 2. The monoisotopic (exact) mass is 248 g/mol. The molecule has 0 N–H and O–H groups in total. The highest BCUT2D eigenvalue weighted by Crippen LogP contribution is 2.32. The first-order valence-electron chi connectivity index (χ1n) is 6.61. The second kappa shape index (κ2) is 5.16. The molecule has 1 saturated heterocycles. The molecule has 1 fully saturated rings. The van der Waals surface area contributed by atoms with Gasteiger partial charge in [0.15, 0.2) is 11.5 Å². The molecule has 0 aliphatic carbocycles. The molecule has 2 aliphatic rings. The van der Waals surface area contributed by atoms with Crippen LogP contribution in [0.2, 0.25) is 0 Å². The van der Waals surface area contributed by atoms with E-state index in [0.717, 1.165) is 24.5 Å². The summed E-state index contributed by atoms with van der Waals surface area (Å²) < 4.78 is 10.7. The van der Waals surface area contributed by atoms with Crippen molar-refractivity contribution in [3.8, 4) is 11.5 Å². The molecular formula is C14H20N2O2. The highest BCUT2D eigenvalue weighted by Gasteiger charge is 2.15. The van der Waals surface area contributed by atoms with E-state index in [1.807, 2.05) is 6.07 Å². The standard InChI is InChI=1S/C14H20N2O2/c1-15-6-8-16(9-7-15)5-4-12-2-3-13-14(10-12)18-11-17-13/h2-3,10H,4-9,11H2,1H3. The fraction of sp³-hybridized carbons (Fsp3) is 0.571. The van der Waals surface area contributed by atoms with Crippen LogP contribution in [0.25, 0.3) is 0 Å². The van der Waals surface area contributed by atoms with Crippen molar-refractivity contribution in [2.24, 2.45) is 0 Å². The summed E-state index contributed by atoms with van der Waals surface area (Å²) in [4.78, 5) is 4.92. The predicted octanol–water partition coefficient (Wildman–Crippen LogP) is 1.21. The number of ether oxygens (including phenoxy) is 2. The van der Waals surface area contributed by atoms with Gasteiger partial charge >= 0.3 is 0 Å². The van der Waals surface area contributed by atoms with E-state index >= 15 is 0 Å². The zero-order valence-electron chi connectivity index (χ0n) is 10.9. The molecule has 0 atom stereocenters. The lowest BCUT2D eigenvalue weighted by Crippen LogP contribution is -2.45. The largest absolute Gasteiger partial charge is 0.454 e. The predicted molar refractivity (Wildman–Crippen MR) is 70.2 cm³/mol. The lowest BCUT2D eigenvalue weighted by atomic mass is 10.1. The molecule has 1 aromatic carbocycles. The van der Waals surface area contributed by atoms with Crippen molar-refractivity contribution in [1.82, 2.24) is 9.80 Å². The SMILES string of the molecule is CN1CCN(CCc2ccc3c(c2)OCO3)CC1. The van der Waals surface area contributed by atoms with Gasteiger partial charge in [-0.05, 0) is 31.2 Å². The number of likely N-dealkylation sites (N-methyl/N-ethyl adjacent to an activating group) is 1. The average Bonchev–Trinajstić information content (AvgIpc) is 2.85. The van der Waals surface area contributed by atoms with Crippen LogP contribution < -0.4 is 9.47 Å². The topological polar surface area (TPSA) is 24.9 Å². The lowest BCUT2D eigenvalue weighted by molar-refractivity contribution is 0.155. The molecule has 2 aliphatic heterocycles. The van der Waals surface area contributed by atoms with E-state index in [1.54, 1.807) is 0 Å². The Labute approximate surface area is 108 Å². The Bertz CT molecular complexity index is 414. The molecule has 1 aromatic rings. The van der Waals surface area contributed by atoms with Crippen LogP contribution in [0, 0.1) is 0 Å². The molecule has 0 saturated carbocycles. The summed E-state index contributed by atoms with van der Waals surface area (Å²) in [5.41, 5.74) is 1.33. The van der Waals surface area contributed by atoms with E-state index in [0.29, 0.717) is 6.79 Å². The highest BCUT2D eigenvalue weighted by atomic mass is 16.7. The molecule has 4 heteroatoms. The van der Waals surface area contributed by atoms with Gasteiger partial charge < -0.3 is 19.3 Å². The van der Waals surface area contributed by atoms with Crippen LogP contribution >= 0.6 is 0 Å². The Morgan fingerprint density at radius 1 is 1.06 bits per heavy atom. The summed E-state index contributed by atoms with van der Waals surface area (Å²) in [6.45, 7) is 6.22. The van der Waals surface area contributed by atoms with Gasteiger partial charge in [-0.15, -0.1) is 0 Å². The van der Waals surface area contributed by atoms with E-state index in [4.69, 9.17) is 9.47 Å². The van der Waals surface area contributed by atoms with Crippen molar-refractivity contribution >= 4 is 0 Å². The molecule has 0 unspecified atom stereocenters. The summed E-state index contributed by atoms with van der Waals surface area (Å²) in [5.74, 6) is 1.77. The fourth-order valence-electron chi connectivity index (χ4n) is 2.46. The van der Waals surface area contributed by atoms with Crippen molar-refractivity contribution in [2.75, 3.05) is 46.6 Å². The maximum absolute atomic E-state index is 5.40. The van der Waals surface area contributed by atoms with Gasteiger partial charge in [-0.2, -0.15) is 0 Å². The van der Waals surface area contributed by atoms with Gasteiger partial charge in [-0.25, -0.2) is 0 Å². The molecule has 0 aromatic heterocycles. The van der Waals surface area contributed by atoms with Crippen LogP contribution in [0.3, 0.4) is 0 Å². The molecule has 18 heavy (non-hydrogen) atoms. The van der Waals surface area contributed by atoms with Crippen molar-refractivity contribution < 1.29 is 9.47 Å². The molecule has 0 amide bonds. The van der Waals surface area contributed by atoms with Crippen LogP contribution in [0.1, 0.15) is 5.56 Å². The average molecular weight is 248 g/mol. The van der Waals surface area contributed by atoms with Crippen LogP contribution in [-0.4, -0.2) is 56.4 Å². The molecular weight excluding hydrogens is 228 g/mol. The van der Waals surface area contributed by atoms with Gasteiger partial charge in [0.25, 0.3) is 0 Å². The first-order valence-corrected chi connectivity index (χ1v) is 6.61. The molecule has 3 rings (SSSR count). The number of hydrogen-bond donors (Lipinski definition) is 0. The molecule has 98 valence electrons. The minimum Gasteiger partial charge on any atom is -0.454 e. The van der Waals surface area contributed by atoms with Crippen molar-refractivity contribution in [3.63, 3.8) is 0 Å². The third kappa shape index (κ3) is 2.60. The molecule has 0 radical (unpaired) electrons. The van der Waals surface area contributed by atoms with E-state index < -0.39 is 0 Å². The quantitative estimate of drug-likeness (QED) is 0.802. The maximum atomic E-state index is 5.40. The fourth-order valence-corrected chi connectivity index (χ4v) is 2.46. The summed E-state index contributed by atoms with van der Waals surface area (Å²) in [7, 11) is 2.19. The summed E-state index contributed by atoms with van der Waals surface area (Å²) >= 11 is 0. The maximum Gasteiger partial charge on any atom is 0.231 e.